The number of rotatable bonds is 19. The Morgan fingerprint density at radius 2 is 1.40 bits per heavy atom. The van der Waals surface area contributed by atoms with Gasteiger partial charge in [-0.05, 0) is 92.6 Å². The molecule has 10 atom stereocenters. The Morgan fingerprint density at radius 1 is 0.747 bits per heavy atom. The second kappa shape index (κ2) is 30.8. The third kappa shape index (κ3) is 18.2. The molecule has 2 aromatic heterocycles. The minimum Gasteiger partial charge on any atom is -0.394 e. The lowest BCUT2D eigenvalue weighted by Gasteiger charge is -2.29. The molecule has 4 aromatic carbocycles. The van der Waals surface area contributed by atoms with Crippen molar-refractivity contribution in [2.45, 2.75) is 113 Å². The zero-order valence-electron chi connectivity index (χ0n) is 45.9. The van der Waals surface area contributed by atoms with Crippen LogP contribution in [0.2, 0.25) is 0 Å². The summed E-state index contributed by atoms with van der Waals surface area (Å²) in [5.41, 5.74) is 10.4. The smallest absolute Gasteiger partial charge is 0.245 e. The van der Waals surface area contributed by atoms with Gasteiger partial charge in [0.25, 0.3) is 0 Å². The summed E-state index contributed by atoms with van der Waals surface area (Å²) in [5, 5.41) is 64.5. The molecule has 7 rings (SSSR count). The number of carbonyl (C=O) groups excluding carboxylic acids is 7. The minimum atomic E-state index is -1.71. The Hall–Kier alpha value is -8.05. The highest BCUT2D eigenvalue weighted by Gasteiger charge is 2.36. The Labute approximate surface area is 488 Å². The summed E-state index contributed by atoms with van der Waals surface area (Å²) < 4.78 is 0. The van der Waals surface area contributed by atoms with Gasteiger partial charge in [0.2, 0.25) is 41.4 Å². The molecule has 14 N–H and O–H groups in total. The topological polar surface area (TPSA) is 355 Å². The molecular formula is C59H70N12O10S2. The zero-order chi connectivity index (χ0) is 59.4. The highest BCUT2D eigenvalue weighted by molar-refractivity contribution is 8.76. The molecule has 22 nitrogen and oxygen atoms in total. The first kappa shape index (κ1) is 62.5. The molecule has 83 heavy (non-hydrogen) atoms. The van der Waals surface area contributed by atoms with Crippen molar-refractivity contribution in [3.8, 4) is 6.07 Å². The first-order valence-corrected chi connectivity index (χ1v) is 29.8. The van der Waals surface area contributed by atoms with Crippen LogP contribution in [0, 0.1) is 11.3 Å². The number of aromatic nitrogens is 2. The molecule has 24 heteroatoms. The van der Waals surface area contributed by atoms with Crippen LogP contribution in [0.3, 0.4) is 0 Å². The molecule has 2 unspecified atom stereocenters. The van der Waals surface area contributed by atoms with Crippen molar-refractivity contribution >= 4 is 90.6 Å². The third-order valence-electron chi connectivity index (χ3n) is 13.9. The summed E-state index contributed by atoms with van der Waals surface area (Å²) in [6, 6.07) is 25.2. The molecule has 1 saturated heterocycles. The molecule has 0 saturated carbocycles. The predicted molar refractivity (Wildman–Crippen MR) is 318 cm³/mol. The molecule has 3 heterocycles. The number of aliphatic hydroxyl groups excluding tert-OH is 3. The predicted octanol–water partition coefficient (Wildman–Crippen LogP) is 1.77. The van der Waals surface area contributed by atoms with Crippen LogP contribution >= 0.6 is 21.6 Å². The number of nitrogens with zero attached hydrogens (tertiary/aromatic N) is 2. The fourth-order valence-corrected chi connectivity index (χ4v) is 11.5. The number of nitrogens with one attached hydrogen (secondary N) is 9. The number of H-pyrrole nitrogens is 1. The van der Waals surface area contributed by atoms with Crippen molar-refractivity contribution in [1.29, 1.82) is 5.26 Å². The number of hydrogen-bond donors (Lipinski definition) is 13. The lowest BCUT2D eigenvalue weighted by Crippen LogP contribution is -2.62. The molecular weight excluding hydrogens is 1100 g/mol. The van der Waals surface area contributed by atoms with Crippen molar-refractivity contribution in [2.75, 3.05) is 30.0 Å². The van der Waals surface area contributed by atoms with E-state index in [2.05, 4.69) is 58.6 Å². The molecule has 438 valence electrons. The van der Waals surface area contributed by atoms with Crippen molar-refractivity contribution in [3.63, 3.8) is 0 Å². The van der Waals surface area contributed by atoms with Gasteiger partial charge < -0.3 is 68.6 Å². The van der Waals surface area contributed by atoms with E-state index in [1.165, 1.54) is 13.8 Å². The Balaban J connectivity index is 1.22. The van der Waals surface area contributed by atoms with Gasteiger partial charge in [0.05, 0.1) is 48.0 Å². The first-order chi connectivity index (χ1) is 40.0. The van der Waals surface area contributed by atoms with E-state index in [0.29, 0.717) is 47.4 Å². The van der Waals surface area contributed by atoms with E-state index in [-0.39, 0.29) is 37.2 Å². The summed E-state index contributed by atoms with van der Waals surface area (Å²) in [7, 11) is 2.04. The lowest BCUT2D eigenvalue weighted by molar-refractivity contribution is -0.136. The number of hydrogen-bond acceptors (Lipinski definition) is 16. The van der Waals surface area contributed by atoms with Gasteiger partial charge in [-0.3, -0.25) is 33.6 Å². The number of aromatic amines is 1. The quantitative estimate of drug-likeness (QED) is 0.0406. The summed E-state index contributed by atoms with van der Waals surface area (Å²) in [6.45, 7) is 2.31. The average molecular weight is 1170 g/mol. The lowest BCUT2D eigenvalue weighted by atomic mass is 10.0. The van der Waals surface area contributed by atoms with Gasteiger partial charge in [-0.2, -0.15) is 5.26 Å². The SMILES string of the molecule is CC(O)C(CO)NC(=O)[C@@H]1CSSC[C@H](NC(=O)[C@H](N)Cc2ccccc2)C(=O)N[C@@H](Cc2ccccc2)C(=O)N[C@H](Cc2c[nH]c3ccccc23)C(=O)N[C@@H](CCCCNc2ccc3cc(C#N)ccc3n2)C(=O)N[C@@H]([C@@H](C)O)C(=O)N1. The maximum atomic E-state index is 15.0. The summed E-state index contributed by atoms with van der Waals surface area (Å²) >= 11 is 0. The average Bonchev–Trinajstić information content (AvgIpc) is 3.90. The number of unbranched alkanes of at least 4 members (excludes halogenated alkanes) is 1. The van der Waals surface area contributed by atoms with E-state index >= 15 is 4.79 Å². The number of benzene rings is 4. The van der Waals surface area contributed by atoms with Gasteiger partial charge in [-0.25, -0.2) is 4.98 Å². The van der Waals surface area contributed by atoms with E-state index in [9.17, 15) is 49.3 Å². The van der Waals surface area contributed by atoms with Crippen LogP contribution in [0.5, 0.6) is 0 Å². The van der Waals surface area contributed by atoms with Crippen LogP contribution in [0.1, 0.15) is 55.4 Å². The van der Waals surface area contributed by atoms with Gasteiger partial charge in [0, 0.05) is 53.4 Å². The number of fused-ring (bicyclic) bond motifs is 2. The summed E-state index contributed by atoms with van der Waals surface area (Å²) in [4.78, 5) is 109. The largest absolute Gasteiger partial charge is 0.394 e. The molecule has 0 spiro atoms. The number of amides is 7. The molecule has 1 fully saturated rings. The number of aliphatic hydroxyl groups is 3. The Morgan fingerprint density at radius 3 is 2.10 bits per heavy atom. The van der Waals surface area contributed by atoms with Crippen LogP contribution in [-0.2, 0) is 52.8 Å². The van der Waals surface area contributed by atoms with Crippen molar-refractivity contribution in [2.24, 2.45) is 5.73 Å². The van der Waals surface area contributed by atoms with E-state index in [4.69, 9.17) is 5.73 Å². The molecule has 1 aliphatic heterocycles. The van der Waals surface area contributed by atoms with Gasteiger partial charge in [-0.15, -0.1) is 0 Å². The number of nitriles is 1. The number of pyridine rings is 1. The van der Waals surface area contributed by atoms with E-state index < -0.39 is 108 Å². The Bertz CT molecular complexity index is 3240. The highest BCUT2D eigenvalue weighted by atomic mass is 33.1. The molecule has 0 aliphatic carbocycles. The second-order valence-corrected chi connectivity index (χ2v) is 22.9. The molecule has 1 aliphatic rings. The van der Waals surface area contributed by atoms with Crippen LogP contribution in [0.4, 0.5) is 5.82 Å². The van der Waals surface area contributed by atoms with E-state index in [1.807, 2.05) is 36.4 Å². The number of nitrogens with two attached hydrogens (primary N) is 1. The second-order valence-electron chi connectivity index (χ2n) is 20.3. The maximum Gasteiger partial charge on any atom is 0.245 e. The molecule has 6 aromatic rings. The van der Waals surface area contributed by atoms with Crippen LogP contribution < -0.4 is 48.3 Å². The fourth-order valence-electron chi connectivity index (χ4n) is 9.22. The van der Waals surface area contributed by atoms with Crippen molar-refractivity contribution in [1.82, 2.24) is 47.2 Å². The standard InChI is InChI=1S/C59H70N12O10S2/c1-34(73)48(31-72)68-58(80)50-33-83-82-32-49(69-53(75)42(61)26-36-13-5-3-6-14-36)57(79)66-46(27-37-15-7-4-8-16-37)55(77)67-47(28-40-30-63-44-18-10-9-17-41(40)44)56(78)65-45(54(76)71-52(35(2)74)59(81)70-50)19-11-12-24-62-51-23-21-39-25-38(29-60)20-22-43(39)64-51/h3-10,13-18,20-23,25,30,34-35,42,45-50,52,63,72-74H,11-12,19,24,26-28,31-33,61H2,1-2H3,(H,62,64)(H,65,78)(H,66,79)(H,67,77)(H,68,80)(H,69,75)(H,70,81)(H,71,76)/t34?,35-,42-,45+,46+,47-,48?,49+,50+,52+/m1/s1. The van der Waals surface area contributed by atoms with Gasteiger partial charge in [-0.1, -0.05) is 100 Å². The minimum absolute atomic E-state index is 0.0150. The van der Waals surface area contributed by atoms with Gasteiger partial charge in [0.15, 0.2) is 0 Å². The number of carbonyl (C=O) groups is 7. The summed E-state index contributed by atoms with van der Waals surface area (Å²) in [6.07, 6.45) is -0.400. The molecule has 7 amide bonds. The van der Waals surface area contributed by atoms with Crippen molar-refractivity contribution < 1.29 is 48.9 Å². The number of para-hydroxylation sites is 1. The van der Waals surface area contributed by atoms with Crippen molar-refractivity contribution in [3.05, 3.63) is 144 Å². The first-order valence-electron chi connectivity index (χ1n) is 27.3. The van der Waals surface area contributed by atoms with Crippen LogP contribution in [0.15, 0.2) is 121 Å². The monoisotopic (exact) mass is 1170 g/mol. The Kier molecular flexibility index (Phi) is 23.2. The number of anilines is 1. The normalized spacial score (nSPS) is 21.1. The van der Waals surface area contributed by atoms with E-state index in [1.54, 1.807) is 85.1 Å². The molecule has 0 bridgehead atoms. The highest BCUT2D eigenvalue weighted by Crippen LogP contribution is 2.25. The van der Waals surface area contributed by atoms with E-state index in [0.717, 1.165) is 43.4 Å². The third-order valence-corrected chi connectivity index (χ3v) is 16.4. The van der Waals surface area contributed by atoms with Gasteiger partial charge >= 0.3 is 0 Å². The van der Waals surface area contributed by atoms with Gasteiger partial charge in [0.1, 0.15) is 42.1 Å². The van der Waals surface area contributed by atoms with Crippen LogP contribution in [0.25, 0.3) is 21.8 Å². The van der Waals surface area contributed by atoms with Crippen LogP contribution in [-0.4, -0.2) is 152 Å². The summed E-state index contributed by atoms with van der Waals surface area (Å²) in [5.74, 6) is -5.61. The molecule has 0 radical (unpaired) electrons. The maximum absolute atomic E-state index is 15.0. The fraction of sp³-hybridized carbons (Fsp3) is 0.373. The zero-order valence-corrected chi connectivity index (χ0v) is 47.5.